The number of hydrogen-bond acceptors (Lipinski definition) is 2. The number of aryl methyl sites for hydroxylation is 1. The Hall–Kier alpha value is -2.36. The van der Waals surface area contributed by atoms with Gasteiger partial charge in [0.1, 0.15) is 5.82 Å². The van der Waals surface area contributed by atoms with Crippen molar-refractivity contribution in [2.75, 3.05) is 17.2 Å². The molecule has 21 heavy (non-hydrogen) atoms. The maximum atomic E-state index is 13.2. The predicted octanol–water partition coefficient (Wildman–Crippen LogP) is 3.31. The predicted molar refractivity (Wildman–Crippen MR) is 82.0 cm³/mol. The van der Waals surface area contributed by atoms with Gasteiger partial charge in [-0.25, -0.2) is 4.39 Å². The molecule has 0 spiro atoms. The van der Waals surface area contributed by atoms with Crippen LogP contribution in [-0.2, 0) is 6.42 Å². The van der Waals surface area contributed by atoms with E-state index in [9.17, 15) is 9.18 Å². The number of nitrogens with two attached hydrogens (primary N) is 1. The monoisotopic (exact) mass is 284 g/mol. The summed E-state index contributed by atoms with van der Waals surface area (Å²) in [7, 11) is 0. The van der Waals surface area contributed by atoms with E-state index in [-0.39, 0.29) is 11.7 Å². The summed E-state index contributed by atoms with van der Waals surface area (Å²) in [5.41, 5.74) is 9.81. The number of hydrogen-bond donors (Lipinski definition) is 1. The van der Waals surface area contributed by atoms with Crippen LogP contribution in [0.5, 0.6) is 0 Å². The molecule has 108 valence electrons. The molecule has 0 atom stereocenters. The van der Waals surface area contributed by atoms with Gasteiger partial charge in [0.2, 0.25) is 0 Å². The Morgan fingerprint density at radius 3 is 2.86 bits per heavy atom. The molecule has 2 aromatic carbocycles. The van der Waals surface area contributed by atoms with Crippen molar-refractivity contribution in [3.05, 3.63) is 58.9 Å². The second-order valence-corrected chi connectivity index (χ2v) is 5.36. The van der Waals surface area contributed by atoms with E-state index in [2.05, 4.69) is 0 Å². The van der Waals surface area contributed by atoms with Gasteiger partial charge in [-0.2, -0.15) is 0 Å². The average Bonchev–Trinajstić information content (AvgIpc) is 2.46. The highest BCUT2D eigenvalue weighted by Crippen LogP contribution is 2.32. The standard InChI is InChI=1S/C17H17FN2O/c1-11-10-12(18)7-8-13(11)17(21)20-9-3-4-14-15(19)5-2-6-16(14)20/h2,5-8,10H,3-4,9,19H2,1H3. The van der Waals surface area contributed by atoms with E-state index in [0.29, 0.717) is 17.7 Å². The van der Waals surface area contributed by atoms with Crippen LogP contribution in [-0.4, -0.2) is 12.5 Å². The highest BCUT2D eigenvalue weighted by atomic mass is 19.1. The molecule has 0 radical (unpaired) electrons. The molecule has 2 aromatic rings. The second kappa shape index (κ2) is 5.20. The zero-order chi connectivity index (χ0) is 15.0. The minimum absolute atomic E-state index is 0.0981. The molecule has 4 heteroatoms. The number of carbonyl (C=O) groups excluding carboxylic acids is 1. The van der Waals surface area contributed by atoms with Crippen LogP contribution in [0.2, 0.25) is 0 Å². The third-order valence-corrected chi connectivity index (χ3v) is 3.95. The van der Waals surface area contributed by atoms with Crippen LogP contribution >= 0.6 is 0 Å². The van der Waals surface area contributed by atoms with Gasteiger partial charge in [-0.1, -0.05) is 6.07 Å². The number of carbonyl (C=O) groups is 1. The Kier molecular flexibility index (Phi) is 3.37. The summed E-state index contributed by atoms with van der Waals surface area (Å²) < 4.78 is 13.2. The zero-order valence-corrected chi connectivity index (χ0v) is 11.9. The smallest absolute Gasteiger partial charge is 0.258 e. The first-order valence-corrected chi connectivity index (χ1v) is 7.03. The molecule has 3 rings (SSSR count). The molecule has 2 N–H and O–H groups in total. The number of nitrogen functional groups attached to an aromatic ring is 1. The fourth-order valence-electron chi connectivity index (χ4n) is 2.88. The van der Waals surface area contributed by atoms with Crippen molar-refractivity contribution in [1.82, 2.24) is 0 Å². The maximum Gasteiger partial charge on any atom is 0.258 e. The van der Waals surface area contributed by atoms with Gasteiger partial charge >= 0.3 is 0 Å². The minimum atomic E-state index is -0.327. The Labute approximate surface area is 123 Å². The van der Waals surface area contributed by atoms with Gasteiger partial charge in [0.25, 0.3) is 5.91 Å². The lowest BCUT2D eigenvalue weighted by molar-refractivity contribution is 0.0984. The highest BCUT2D eigenvalue weighted by molar-refractivity contribution is 6.08. The van der Waals surface area contributed by atoms with E-state index in [0.717, 1.165) is 29.8 Å². The maximum absolute atomic E-state index is 13.2. The number of benzene rings is 2. The fraction of sp³-hybridized carbons (Fsp3) is 0.235. The summed E-state index contributed by atoms with van der Waals surface area (Å²) in [5, 5.41) is 0. The Bertz CT molecular complexity index is 712. The number of halogens is 1. The molecule has 0 fully saturated rings. The average molecular weight is 284 g/mol. The summed E-state index contributed by atoms with van der Waals surface area (Å²) >= 11 is 0. The molecular formula is C17H17FN2O. The first-order valence-electron chi connectivity index (χ1n) is 7.03. The molecule has 1 aliphatic rings. The van der Waals surface area contributed by atoms with Crippen molar-refractivity contribution in [2.24, 2.45) is 0 Å². The quantitative estimate of drug-likeness (QED) is 0.817. The van der Waals surface area contributed by atoms with Crippen molar-refractivity contribution in [2.45, 2.75) is 19.8 Å². The molecule has 0 bridgehead atoms. The van der Waals surface area contributed by atoms with E-state index in [4.69, 9.17) is 5.73 Å². The third-order valence-electron chi connectivity index (χ3n) is 3.95. The molecule has 0 aromatic heterocycles. The summed E-state index contributed by atoms with van der Waals surface area (Å²) in [6.07, 6.45) is 1.77. The van der Waals surface area contributed by atoms with Gasteiger partial charge in [0.15, 0.2) is 0 Å². The third kappa shape index (κ3) is 2.37. The lowest BCUT2D eigenvalue weighted by Crippen LogP contribution is -2.36. The number of fused-ring (bicyclic) bond motifs is 1. The molecule has 1 heterocycles. The number of rotatable bonds is 1. The molecule has 1 amide bonds. The van der Waals surface area contributed by atoms with E-state index in [1.165, 1.54) is 12.1 Å². The topological polar surface area (TPSA) is 46.3 Å². The fourth-order valence-corrected chi connectivity index (χ4v) is 2.88. The molecule has 0 saturated heterocycles. The van der Waals surface area contributed by atoms with Gasteiger partial charge in [0.05, 0.1) is 0 Å². The van der Waals surface area contributed by atoms with Crippen LogP contribution in [0.15, 0.2) is 36.4 Å². The Morgan fingerprint density at radius 2 is 2.10 bits per heavy atom. The van der Waals surface area contributed by atoms with Gasteiger partial charge in [0, 0.05) is 23.5 Å². The van der Waals surface area contributed by atoms with Crippen LogP contribution in [0.3, 0.4) is 0 Å². The lowest BCUT2D eigenvalue weighted by Gasteiger charge is -2.30. The van der Waals surface area contributed by atoms with Crippen molar-refractivity contribution in [1.29, 1.82) is 0 Å². The van der Waals surface area contributed by atoms with Crippen molar-refractivity contribution in [3.8, 4) is 0 Å². The van der Waals surface area contributed by atoms with Crippen LogP contribution in [0, 0.1) is 12.7 Å². The van der Waals surface area contributed by atoms with Gasteiger partial charge in [-0.15, -0.1) is 0 Å². The number of nitrogens with zero attached hydrogens (tertiary/aromatic N) is 1. The van der Waals surface area contributed by atoms with E-state index in [1.807, 2.05) is 18.2 Å². The minimum Gasteiger partial charge on any atom is -0.398 e. The van der Waals surface area contributed by atoms with Crippen LogP contribution in [0.25, 0.3) is 0 Å². The van der Waals surface area contributed by atoms with Crippen molar-refractivity contribution < 1.29 is 9.18 Å². The summed E-state index contributed by atoms with van der Waals surface area (Å²) in [6.45, 7) is 2.41. The first-order chi connectivity index (χ1) is 10.1. The molecule has 0 aliphatic carbocycles. The molecule has 3 nitrogen and oxygen atoms in total. The van der Waals surface area contributed by atoms with E-state index in [1.54, 1.807) is 17.9 Å². The van der Waals surface area contributed by atoms with E-state index < -0.39 is 0 Å². The normalized spacial score (nSPS) is 13.9. The SMILES string of the molecule is Cc1cc(F)ccc1C(=O)N1CCCc2c(N)cccc21. The Morgan fingerprint density at radius 1 is 1.29 bits per heavy atom. The molecule has 1 aliphatic heterocycles. The lowest BCUT2D eigenvalue weighted by atomic mass is 9.98. The largest absolute Gasteiger partial charge is 0.398 e. The van der Waals surface area contributed by atoms with E-state index >= 15 is 0 Å². The van der Waals surface area contributed by atoms with Crippen molar-refractivity contribution in [3.63, 3.8) is 0 Å². The summed E-state index contributed by atoms with van der Waals surface area (Å²) in [5.74, 6) is -0.425. The summed E-state index contributed by atoms with van der Waals surface area (Å²) in [4.78, 5) is 14.5. The second-order valence-electron chi connectivity index (χ2n) is 5.36. The number of amides is 1. The van der Waals surface area contributed by atoms with Crippen LogP contribution in [0.4, 0.5) is 15.8 Å². The van der Waals surface area contributed by atoms with Gasteiger partial charge < -0.3 is 10.6 Å². The van der Waals surface area contributed by atoms with Gasteiger partial charge in [-0.05, 0) is 61.2 Å². The van der Waals surface area contributed by atoms with Crippen LogP contribution < -0.4 is 10.6 Å². The van der Waals surface area contributed by atoms with Crippen LogP contribution in [0.1, 0.15) is 27.9 Å². The number of anilines is 2. The highest BCUT2D eigenvalue weighted by Gasteiger charge is 2.25. The Balaban J connectivity index is 2.02. The van der Waals surface area contributed by atoms with Crippen molar-refractivity contribution >= 4 is 17.3 Å². The van der Waals surface area contributed by atoms with Gasteiger partial charge in [-0.3, -0.25) is 4.79 Å². The molecule has 0 unspecified atom stereocenters. The summed E-state index contributed by atoms with van der Waals surface area (Å²) in [6, 6.07) is 9.89. The molecule has 0 saturated carbocycles. The first kappa shape index (κ1) is 13.6. The molecular weight excluding hydrogens is 267 g/mol. The zero-order valence-electron chi connectivity index (χ0n) is 11.9.